The van der Waals surface area contributed by atoms with E-state index in [-0.39, 0.29) is 18.2 Å². The summed E-state index contributed by atoms with van der Waals surface area (Å²) in [5.74, 6) is 0.134. The van der Waals surface area contributed by atoms with Gasteiger partial charge in [-0.15, -0.1) is 16.4 Å². The summed E-state index contributed by atoms with van der Waals surface area (Å²) >= 11 is 13.8. The van der Waals surface area contributed by atoms with Crippen molar-refractivity contribution in [3.63, 3.8) is 0 Å². The highest BCUT2D eigenvalue weighted by Crippen LogP contribution is 2.35. The SMILES string of the molecule is CC1(C)CC(=O)c2cc(C(=O)Nc3nc4scc(-c5cc(Cl)ccc5Cl)n4n3)ccc2O1. The standard InChI is InChI=1S/C22H16Cl2N4O3S/c1-22(2)9-17(29)14-7-11(3-6-18(14)31-22)19(30)25-20-26-21-28(27-20)16(10-32-21)13-8-12(23)4-5-15(13)24/h3-8,10H,9H2,1-2H3,(H,25,27,30). The third-order valence-corrected chi connectivity index (χ3v) is 6.41. The molecule has 0 saturated carbocycles. The van der Waals surface area contributed by atoms with Crippen LogP contribution in [0, 0.1) is 0 Å². The summed E-state index contributed by atoms with van der Waals surface area (Å²) in [5, 5.41) is 10.0. The van der Waals surface area contributed by atoms with Crippen molar-refractivity contribution in [2.45, 2.75) is 25.9 Å². The minimum Gasteiger partial charge on any atom is -0.487 e. The van der Waals surface area contributed by atoms with Gasteiger partial charge in [0.25, 0.3) is 11.9 Å². The van der Waals surface area contributed by atoms with E-state index in [4.69, 9.17) is 27.9 Å². The number of carbonyl (C=O) groups is 2. The molecule has 4 aromatic rings. The molecular formula is C22H16Cl2N4O3S. The molecule has 32 heavy (non-hydrogen) atoms. The number of amides is 1. The Labute approximate surface area is 196 Å². The Balaban J connectivity index is 1.43. The van der Waals surface area contributed by atoms with Crippen LogP contribution in [0.4, 0.5) is 5.95 Å². The van der Waals surface area contributed by atoms with Gasteiger partial charge in [-0.2, -0.15) is 4.98 Å². The van der Waals surface area contributed by atoms with E-state index in [1.165, 1.54) is 17.4 Å². The van der Waals surface area contributed by atoms with Crippen LogP contribution in [-0.2, 0) is 0 Å². The Morgan fingerprint density at radius 3 is 2.81 bits per heavy atom. The van der Waals surface area contributed by atoms with E-state index in [9.17, 15) is 9.59 Å². The number of nitrogens with one attached hydrogen (secondary N) is 1. The van der Waals surface area contributed by atoms with Crippen LogP contribution in [-0.4, -0.2) is 31.9 Å². The molecule has 3 heterocycles. The highest BCUT2D eigenvalue weighted by molar-refractivity contribution is 7.15. The maximum atomic E-state index is 12.8. The number of ketones is 1. The number of rotatable bonds is 3. The number of Topliss-reactive ketones (excluding diaryl/α,β-unsaturated/α-hetero) is 1. The molecule has 0 atom stereocenters. The average molecular weight is 487 g/mol. The number of benzene rings is 2. The van der Waals surface area contributed by atoms with E-state index >= 15 is 0 Å². The van der Waals surface area contributed by atoms with Gasteiger partial charge in [-0.1, -0.05) is 23.2 Å². The van der Waals surface area contributed by atoms with Gasteiger partial charge in [0.2, 0.25) is 4.96 Å². The number of halogens is 2. The third-order valence-electron chi connectivity index (χ3n) is 5.03. The molecule has 1 N–H and O–H groups in total. The zero-order chi connectivity index (χ0) is 22.6. The second kappa shape index (κ2) is 7.58. The van der Waals surface area contributed by atoms with Crippen molar-refractivity contribution in [1.82, 2.24) is 14.6 Å². The molecular weight excluding hydrogens is 471 g/mol. The van der Waals surface area contributed by atoms with Gasteiger partial charge in [0.1, 0.15) is 11.4 Å². The number of hydrogen-bond donors (Lipinski definition) is 1. The average Bonchev–Trinajstić information content (AvgIpc) is 3.29. The number of aromatic nitrogens is 3. The van der Waals surface area contributed by atoms with E-state index in [0.717, 1.165) is 0 Å². The Morgan fingerprint density at radius 2 is 2.00 bits per heavy atom. The lowest BCUT2D eigenvalue weighted by Gasteiger charge is -2.31. The van der Waals surface area contributed by atoms with E-state index in [2.05, 4.69) is 15.4 Å². The van der Waals surface area contributed by atoms with Crippen molar-refractivity contribution >= 4 is 57.1 Å². The first-order chi connectivity index (χ1) is 15.2. The quantitative estimate of drug-likeness (QED) is 0.397. The molecule has 1 aliphatic heterocycles. The van der Waals surface area contributed by atoms with E-state index < -0.39 is 11.5 Å². The first-order valence-electron chi connectivity index (χ1n) is 9.67. The van der Waals surface area contributed by atoms with Gasteiger partial charge in [-0.3, -0.25) is 14.9 Å². The first kappa shape index (κ1) is 20.9. The summed E-state index contributed by atoms with van der Waals surface area (Å²) in [7, 11) is 0. The predicted octanol–water partition coefficient (Wildman–Crippen LogP) is 5.76. The highest BCUT2D eigenvalue weighted by Gasteiger charge is 2.33. The fraction of sp³-hybridized carbons (Fsp3) is 0.182. The Bertz CT molecular complexity index is 1410. The summed E-state index contributed by atoms with van der Waals surface area (Å²) in [6.45, 7) is 3.71. The number of nitrogens with zero attached hydrogens (tertiary/aromatic N) is 3. The Hall–Kier alpha value is -2.94. The van der Waals surface area contributed by atoms with E-state index in [1.807, 2.05) is 19.2 Å². The molecule has 2 aromatic carbocycles. The monoisotopic (exact) mass is 486 g/mol. The van der Waals surface area contributed by atoms with Crippen molar-refractivity contribution in [1.29, 1.82) is 0 Å². The van der Waals surface area contributed by atoms with Crippen molar-refractivity contribution in [2.24, 2.45) is 0 Å². The maximum Gasteiger partial charge on any atom is 0.258 e. The molecule has 0 saturated heterocycles. The van der Waals surface area contributed by atoms with Gasteiger partial charge in [0, 0.05) is 21.5 Å². The summed E-state index contributed by atoms with van der Waals surface area (Å²) in [6, 6.07) is 9.96. The highest BCUT2D eigenvalue weighted by atomic mass is 35.5. The van der Waals surface area contributed by atoms with E-state index in [0.29, 0.717) is 43.1 Å². The van der Waals surface area contributed by atoms with Gasteiger partial charge >= 0.3 is 0 Å². The Morgan fingerprint density at radius 1 is 1.19 bits per heavy atom. The van der Waals surface area contributed by atoms with Crippen LogP contribution in [0.2, 0.25) is 10.0 Å². The van der Waals surface area contributed by atoms with Gasteiger partial charge in [0.15, 0.2) is 5.78 Å². The lowest BCUT2D eigenvalue weighted by Crippen LogP contribution is -2.36. The third kappa shape index (κ3) is 3.74. The molecule has 5 rings (SSSR count). The summed E-state index contributed by atoms with van der Waals surface area (Å²) in [4.78, 5) is 30.2. The molecule has 0 radical (unpaired) electrons. The van der Waals surface area contributed by atoms with Crippen LogP contribution in [0.3, 0.4) is 0 Å². The largest absolute Gasteiger partial charge is 0.487 e. The zero-order valence-corrected chi connectivity index (χ0v) is 19.3. The number of fused-ring (bicyclic) bond motifs is 2. The van der Waals surface area contributed by atoms with Crippen molar-refractivity contribution in [3.05, 3.63) is 63.0 Å². The van der Waals surface area contributed by atoms with Gasteiger partial charge in [-0.05, 0) is 50.2 Å². The van der Waals surface area contributed by atoms with Crippen LogP contribution < -0.4 is 10.1 Å². The van der Waals surface area contributed by atoms with Crippen LogP contribution in [0.1, 0.15) is 41.0 Å². The molecule has 7 nitrogen and oxygen atoms in total. The predicted molar refractivity (Wildman–Crippen MR) is 124 cm³/mol. The number of thiazole rings is 1. The fourth-order valence-electron chi connectivity index (χ4n) is 3.58. The molecule has 1 amide bonds. The lowest BCUT2D eigenvalue weighted by atomic mass is 9.92. The second-order valence-corrected chi connectivity index (χ2v) is 9.68. The summed E-state index contributed by atoms with van der Waals surface area (Å²) in [5.41, 5.74) is 1.57. The van der Waals surface area contributed by atoms with Crippen molar-refractivity contribution in [3.8, 4) is 17.0 Å². The Kier molecular flexibility index (Phi) is 4.96. The molecule has 2 aromatic heterocycles. The number of carbonyl (C=O) groups excluding carboxylic acids is 2. The van der Waals surface area contributed by atoms with Gasteiger partial charge < -0.3 is 4.74 Å². The van der Waals surface area contributed by atoms with Crippen LogP contribution in [0.5, 0.6) is 5.75 Å². The topological polar surface area (TPSA) is 85.6 Å². The minimum atomic E-state index is -0.566. The molecule has 1 aliphatic rings. The fourth-order valence-corrected chi connectivity index (χ4v) is 4.79. The molecule has 0 aliphatic carbocycles. The summed E-state index contributed by atoms with van der Waals surface area (Å²) < 4.78 is 7.45. The maximum absolute atomic E-state index is 12.8. The first-order valence-corrected chi connectivity index (χ1v) is 11.3. The molecule has 10 heteroatoms. The lowest BCUT2D eigenvalue weighted by molar-refractivity contribution is 0.0620. The van der Waals surface area contributed by atoms with Gasteiger partial charge in [0.05, 0.1) is 22.7 Å². The molecule has 0 spiro atoms. The summed E-state index contributed by atoms with van der Waals surface area (Å²) in [6.07, 6.45) is 0.249. The van der Waals surface area contributed by atoms with Crippen LogP contribution in [0.25, 0.3) is 16.2 Å². The molecule has 0 unspecified atom stereocenters. The smallest absolute Gasteiger partial charge is 0.258 e. The van der Waals surface area contributed by atoms with Gasteiger partial charge in [-0.25, -0.2) is 4.52 Å². The number of anilines is 1. The molecule has 0 bridgehead atoms. The molecule has 0 fully saturated rings. The van der Waals surface area contributed by atoms with E-state index in [1.54, 1.807) is 34.8 Å². The zero-order valence-electron chi connectivity index (χ0n) is 17.0. The van der Waals surface area contributed by atoms with Crippen LogP contribution in [0.15, 0.2) is 41.8 Å². The van der Waals surface area contributed by atoms with Crippen molar-refractivity contribution in [2.75, 3.05) is 5.32 Å². The van der Waals surface area contributed by atoms with Crippen LogP contribution >= 0.6 is 34.5 Å². The van der Waals surface area contributed by atoms with Crippen molar-refractivity contribution < 1.29 is 14.3 Å². The number of ether oxygens (including phenoxy) is 1. The molecule has 162 valence electrons. The number of hydrogen-bond acceptors (Lipinski definition) is 6. The second-order valence-electron chi connectivity index (χ2n) is 8.00. The normalized spacial score (nSPS) is 14.8. The minimum absolute atomic E-state index is 0.0606.